The van der Waals surface area contributed by atoms with Crippen molar-refractivity contribution in [2.45, 2.75) is 52.3 Å². The highest BCUT2D eigenvalue weighted by molar-refractivity contribution is 7.99. The first-order chi connectivity index (χ1) is 9.05. The fraction of sp³-hybridized carbons (Fsp3) is 0.857. The molecular formula is C14H27N3OS. The molecule has 110 valence electrons. The summed E-state index contributed by atoms with van der Waals surface area (Å²) in [5.41, 5.74) is 0. The summed E-state index contributed by atoms with van der Waals surface area (Å²) in [4.78, 5) is 6.83. The molecule has 0 bridgehead atoms. The lowest BCUT2D eigenvalue weighted by molar-refractivity contribution is 0.263. The molecule has 0 saturated carbocycles. The van der Waals surface area contributed by atoms with Gasteiger partial charge >= 0.3 is 0 Å². The molecule has 0 fully saturated rings. The Kier molecular flexibility index (Phi) is 7.46. The van der Waals surface area contributed by atoms with E-state index in [1.165, 1.54) is 6.42 Å². The summed E-state index contributed by atoms with van der Waals surface area (Å²) in [6.45, 7) is 11.7. The van der Waals surface area contributed by atoms with Crippen molar-refractivity contribution in [2.24, 2.45) is 5.92 Å². The van der Waals surface area contributed by atoms with Crippen LogP contribution in [0, 0.1) is 5.92 Å². The van der Waals surface area contributed by atoms with Crippen LogP contribution in [0.15, 0.2) is 4.52 Å². The van der Waals surface area contributed by atoms with Gasteiger partial charge in [-0.3, -0.25) is 4.90 Å². The summed E-state index contributed by atoms with van der Waals surface area (Å²) in [5, 5.41) is 4.78. The molecule has 0 N–H and O–H groups in total. The first-order valence-electron chi connectivity index (χ1n) is 7.11. The predicted octanol–water partition coefficient (Wildman–Crippen LogP) is 3.23. The third-order valence-electron chi connectivity index (χ3n) is 3.16. The van der Waals surface area contributed by atoms with Crippen molar-refractivity contribution in [1.82, 2.24) is 15.0 Å². The summed E-state index contributed by atoms with van der Waals surface area (Å²) >= 11 is 1.92. The van der Waals surface area contributed by atoms with Crippen molar-refractivity contribution < 1.29 is 4.52 Å². The molecule has 0 aliphatic carbocycles. The van der Waals surface area contributed by atoms with Crippen LogP contribution in [0.4, 0.5) is 0 Å². The highest BCUT2D eigenvalue weighted by Gasteiger charge is 2.12. The van der Waals surface area contributed by atoms with Crippen LogP contribution in [-0.4, -0.2) is 39.6 Å². The Hall–Kier alpha value is -0.550. The van der Waals surface area contributed by atoms with Crippen LogP contribution in [0.25, 0.3) is 0 Å². The van der Waals surface area contributed by atoms with E-state index in [0.29, 0.717) is 11.2 Å². The third-order valence-corrected chi connectivity index (χ3v) is 4.20. The molecule has 0 saturated heterocycles. The lowest BCUT2D eigenvalue weighted by Gasteiger charge is -2.20. The lowest BCUT2D eigenvalue weighted by atomic mass is 10.1. The standard InChI is InChI=1S/C14H27N3OS/c1-6-17(8-7-12(4)19-5)10-13-15-14(18-16-13)9-11(2)3/h11-12H,6-10H2,1-5H3/t12-/m0/s1. The second-order valence-electron chi connectivity index (χ2n) is 5.41. The van der Waals surface area contributed by atoms with E-state index in [-0.39, 0.29) is 0 Å². The van der Waals surface area contributed by atoms with Crippen molar-refractivity contribution in [1.29, 1.82) is 0 Å². The number of thioether (sulfide) groups is 1. The average Bonchev–Trinajstić information content (AvgIpc) is 2.80. The minimum absolute atomic E-state index is 0.554. The molecule has 1 aromatic rings. The van der Waals surface area contributed by atoms with Gasteiger partial charge in [-0.25, -0.2) is 0 Å². The van der Waals surface area contributed by atoms with Crippen LogP contribution in [0.3, 0.4) is 0 Å². The zero-order valence-electron chi connectivity index (χ0n) is 12.8. The molecule has 1 heterocycles. The second-order valence-corrected chi connectivity index (χ2v) is 6.68. The van der Waals surface area contributed by atoms with Gasteiger partial charge in [-0.2, -0.15) is 16.7 Å². The number of aromatic nitrogens is 2. The highest BCUT2D eigenvalue weighted by Crippen LogP contribution is 2.12. The van der Waals surface area contributed by atoms with Crippen LogP contribution >= 0.6 is 11.8 Å². The number of nitrogens with zero attached hydrogens (tertiary/aromatic N) is 3. The van der Waals surface area contributed by atoms with Crippen molar-refractivity contribution in [3.8, 4) is 0 Å². The topological polar surface area (TPSA) is 42.2 Å². The molecule has 4 nitrogen and oxygen atoms in total. The Bertz CT molecular complexity index is 354. The number of rotatable bonds is 9. The maximum absolute atomic E-state index is 5.28. The molecule has 0 spiro atoms. The van der Waals surface area contributed by atoms with E-state index >= 15 is 0 Å². The van der Waals surface area contributed by atoms with Crippen LogP contribution in [0.1, 0.15) is 45.8 Å². The van der Waals surface area contributed by atoms with Gasteiger partial charge in [-0.05, 0) is 31.7 Å². The maximum atomic E-state index is 5.28. The smallest absolute Gasteiger partial charge is 0.226 e. The van der Waals surface area contributed by atoms with Gasteiger partial charge in [0.15, 0.2) is 5.82 Å². The average molecular weight is 285 g/mol. The van der Waals surface area contributed by atoms with Gasteiger partial charge in [-0.15, -0.1) is 0 Å². The summed E-state index contributed by atoms with van der Waals surface area (Å²) in [6, 6.07) is 0. The van der Waals surface area contributed by atoms with Crippen molar-refractivity contribution in [3.05, 3.63) is 11.7 Å². The Balaban J connectivity index is 2.44. The van der Waals surface area contributed by atoms with Crippen LogP contribution in [0.5, 0.6) is 0 Å². The van der Waals surface area contributed by atoms with E-state index in [1.54, 1.807) is 0 Å². The molecule has 0 aliphatic heterocycles. The predicted molar refractivity (Wildman–Crippen MR) is 81.4 cm³/mol. The molecule has 0 unspecified atom stereocenters. The van der Waals surface area contributed by atoms with Crippen LogP contribution in [0.2, 0.25) is 0 Å². The molecule has 5 heteroatoms. The molecule has 0 aromatic carbocycles. The van der Waals surface area contributed by atoms with Gasteiger partial charge in [0, 0.05) is 11.7 Å². The molecule has 0 radical (unpaired) electrons. The molecule has 19 heavy (non-hydrogen) atoms. The van der Waals surface area contributed by atoms with Crippen molar-refractivity contribution in [2.75, 3.05) is 19.3 Å². The SMILES string of the molecule is CCN(CC[C@H](C)SC)Cc1noc(CC(C)C)n1. The largest absolute Gasteiger partial charge is 0.339 e. The molecule has 1 aromatic heterocycles. The second kappa shape index (κ2) is 8.59. The van der Waals surface area contributed by atoms with Gasteiger partial charge in [0.25, 0.3) is 0 Å². The molecule has 0 aliphatic rings. The monoisotopic (exact) mass is 285 g/mol. The fourth-order valence-electron chi connectivity index (χ4n) is 1.82. The zero-order chi connectivity index (χ0) is 14.3. The van der Waals surface area contributed by atoms with E-state index in [4.69, 9.17) is 4.52 Å². The molecule has 0 amide bonds. The van der Waals surface area contributed by atoms with Gasteiger partial charge in [0.05, 0.1) is 6.54 Å². The molecule has 1 rings (SSSR count). The molecular weight excluding hydrogens is 258 g/mol. The number of hydrogen-bond acceptors (Lipinski definition) is 5. The summed E-state index contributed by atoms with van der Waals surface area (Å²) in [7, 11) is 0. The summed E-state index contributed by atoms with van der Waals surface area (Å²) in [5.74, 6) is 2.13. The van der Waals surface area contributed by atoms with Gasteiger partial charge in [0.2, 0.25) is 5.89 Å². The summed E-state index contributed by atoms with van der Waals surface area (Å²) < 4.78 is 5.28. The van der Waals surface area contributed by atoms with Crippen LogP contribution in [-0.2, 0) is 13.0 Å². The Morgan fingerprint density at radius 3 is 2.63 bits per heavy atom. The Morgan fingerprint density at radius 1 is 1.32 bits per heavy atom. The first-order valence-corrected chi connectivity index (χ1v) is 8.40. The minimum Gasteiger partial charge on any atom is -0.339 e. The van der Waals surface area contributed by atoms with Gasteiger partial charge in [0.1, 0.15) is 0 Å². The molecule has 1 atom stereocenters. The minimum atomic E-state index is 0.554. The number of hydrogen-bond donors (Lipinski definition) is 0. The maximum Gasteiger partial charge on any atom is 0.226 e. The van der Waals surface area contributed by atoms with Crippen molar-refractivity contribution in [3.63, 3.8) is 0 Å². The van der Waals surface area contributed by atoms with Gasteiger partial charge in [-0.1, -0.05) is 32.9 Å². The zero-order valence-corrected chi connectivity index (χ0v) is 13.7. The van der Waals surface area contributed by atoms with E-state index in [9.17, 15) is 0 Å². The lowest BCUT2D eigenvalue weighted by Crippen LogP contribution is -2.26. The Morgan fingerprint density at radius 2 is 2.05 bits per heavy atom. The first kappa shape index (κ1) is 16.5. The van der Waals surface area contributed by atoms with Crippen LogP contribution < -0.4 is 0 Å². The van der Waals surface area contributed by atoms with E-state index in [1.807, 2.05) is 11.8 Å². The quantitative estimate of drug-likeness (QED) is 0.697. The third kappa shape index (κ3) is 6.43. The van der Waals surface area contributed by atoms with E-state index < -0.39 is 0 Å². The van der Waals surface area contributed by atoms with Gasteiger partial charge < -0.3 is 4.52 Å². The van der Waals surface area contributed by atoms with Crippen molar-refractivity contribution >= 4 is 11.8 Å². The summed E-state index contributed by atoms with van der Waals surface area (Å²) in [6.07, 6.45) is 4.23. The van der Waals surface area contributed by atoms with E-state index in [0.717, 1.165) is 37.8 Å². The fourth-order valence-corrected chi connectivity index (χ4v) is 2.16. The normalized spacial score (nSPS) is 13.4. The highest BCUT2D eigenvalue weighted by atomic mass is 32.2. The van der Waals surface area contributed by atoms with E-state index in [2.05, 4.69) is 49.0 Å². The Labute approximate surface area is 121 Å².